The first-order valence-corrected chi connectivity index (χ1v) is 7.75. The van der Waals surface area contributed by atoms with Crippen LogP contribution in [0.4, 0.5) is 43.9 Å². The van der Waals surface area contributed by atoms with Gasteiger partial charge >= 0.3 is 12.4 Å². The highest BCUT2D eigenvalue weighted by molar-refractivity contribution is 6.30. The fourth-order valence-corrected chi connectivity index (χ4v) is 3.22. The summed E-state index contributed by atoms with van der Waals surface area (Å²) in [6.07, 6.45) is -10.7. The molecule has 1 fully saturated rings. The molecule has 152 valence electrons. The average Bonchev–Trinajstić information content (AvgIpc) is 2.99. The molecule has 0 radical (unpaired) electrons. The van der Waals surface area contributed by atoms with Crippen LogP contribution in [0.1, 0.15) is 25.0 Å². The van der Waals surface area contributed by atoms with Crippen molar-refractivity contribution in [1.82, 2.24) is 0 Å². The number of benzene rings is 1. The van der Waals surface area contributed by atoms with E-state index >= 15 is 0 Å². The third kappa shape index (κ3) is 3.90. The highest BCUT2D eigenvalue weighted by atomic mass is 35.5. The van der Waals surface area contributed by atoms with Crippen LogP contribution in [-0.2, 0) is 12.6 Å². The van der Waals surface area contributed by atoms with Crippen LogP contribution in [-0.4, -0.2) is 6.18 Å². The number of halogens is 11. The van der Waals surface area contributed by atoms with Crippen molar-refractivity contribution in [2.75, 3.05) is 0 Å². The van der Waals surface area contributed by atoms with Crippen LogP contribution < -0.4 is 0 Å². The molecule has 0 aliphatic heterocycles. The maximum absolute atomic E-state index is 13.9. The summed E-state index contributed by atoms with van der Waals surface area (Å²) < 4.78 is 130. The molecule has 2 unspecified atom stereocenters. The quantitative estimate of drug-likeness (QED) is 0.368. The summed E-state index contributed by atoms with van der Waals surface area (Å²) in [4.78, 5) is 0. The molecular formula is C16H11ClF10. The maximum atomic E-state index is 13.9. The second-order valence-corrected chi connectivity index (χ2v) is 7.18. The summed E-state index contributed by atoms with van der Waals surface area (Å²) in [5.41, 5.74) is -4.97. The lowest BCUT2D eigenvalue weighted by Gasteiger charge is -2.14. The molecule has 1 aromatic carbocycles. The predicted molar refractivity (Wildman–Crippen MR) is 75.7 cm³/mol. The van der Waals surface area contributed by atoms with E-state index in [2.05, 4.69) is 0 Å². The molecule has 0 N–H and O–H groups in total. The Morgan fingerprint density at radius 1 is 0.926 bits per heavy atom. The molecule has 0 saturated heterocycles. The second kappa shape index (κ2) is 6.56. The topological polar surface area (TPSA) is 0 Å². The van der Waals surface area contributed by atoms with E-state index in [-0.39, 0.29) is 0 Å². The molecule has 1 aromatic rings. The van der Waals surface area contributed by atoms with Crippen LogP contribution in [0.2, 0.25) is 0 Å². The van der Waals surface area contributed by atoms with Gasteiger partial charge in [-0.15, -0.1) is 0 Å². The van der Waals surface area contributed by atoms with E-state index in [1.807, 2.05) is 0 Å². The van der Waals surface area contributed by atoms with Crippen molar-refractivity contribution in [2.24, 2.45) is 17.3 Å². The van der Waals surface area contributed by atoms with Crippen molar-refractivity contribution in [3.63, 3.8) is 0 Å². The molecule has 27 heavy (non-hydrogen) atoms. The van der Waals surface area contributed by atoms with Gasteiger partial charge in [0.05, 0.1) is 0 Å². The average molecular weight is 429 g/mol. The molecule has 0 spiro atoms. The number of rotatable bonds is 3. The van der Waals surface area contributed by atoms with E-state index < -0.39 is 75.5 Å². The first-order chi connectivity index (χ1) is 12.0. The molecule has 0 heterocycles. The van der Waals surface area contributed by atoms with Gasteiger partial charge in [0, 0.05) is 5.56 Å². The Hall–Kier alpha value is -1.45. The third-order valence-electron chi connectivity index (χ3n) is 4.80. The Labute approximate surface area is 151 Å². The van der Waals surface area contributed by atoms with Gasteiger partial charge in [-0.25, -0.2) is 17.6 Å². The largest absolute Gasteiger partial charge is 0.426 e. The van der Waals surface area contributed by atoms with Crippen molar-refractivity contribution in [2.45, 2.75) is 32.6 Å². The third-order valence-corrected chi connectivity index (χ3v) is 5.14. The van der Waals surface area contributed by atoms with Gasteiger partial charge in [-0.3, -0.25) is 0 Å². The van der Waals surface area contributed by atoms with E-state index in [9.17, 15) is 43.9 Å². The minimum absolute atomic E-state index is 0.610. The molecule has 0 aromatic heterocycles. The maximum Gasteiger partial charge on any atom is 0.426 e. The van der Waals surface area contributed by atoms with Gasteiger partial charge in [0.25, 0.3) is 0 Å². The zero-order valence-corrected chi connectivity index (χ0v) is 14.4. The minimum Gasteiger partial charge on any atom is -0.203 e. The molecule has 0 amide bonds. The summed E-state index contributed by atoms with van der Waals surface area (Å²) in [6.45, 7) is 2.85. The number of allylic oxidation sites excluding steroid dienone is 2. The van der Waals surface area contributed by atoms with Crippen molar-refractivity contribution in [3.8, 4) is 0 Å². The number of hydrogen-bond donors (Lipinski definition) is 0. The number of alkyl halides is 6. The first-order valence-electron chi connectivity index (χ1n) is 7.37. The minimum atomic E-state index is -5.67. The Morgan fingerprint density at radius 2 is 1.37 bits per heavy atom. The van der Waals surface area contributed by atoms with Gasteiger partial charge in [-0.1, -0.05) is 31.5 Å². The lowest BCUT2D eigenvalue weighted by Crippen LogP contribution is -2.17. The fraction of sp³-hybridized carbons (Fsp3) is 0.500. The SMILES string of the molecule is CC1(C)C(C=C(Cl)C(F)(F)F)C1Cc1c(F)c(F)c(C(F)(F)F)c(F)c1F. The lowest BCUT2D eigenvalue weighted by atomic mass is 9.99. The Morgan fingerprint density at radius 3 is 1.74 bits per heavy atom. The smallest absolute Gasteiger partial charge is 0.203 e. The Bertz CT molecular complexity index is 759. The molecule has 11 heteroatoms. The number of hydrogen-bond acceptors (Lipinski definition) is 0. The van der Waals surface area contributed by atoms with E-state index in [0.717, 1.165) is 0 Å². The predicted octanol–water partition coefficient (Wildman–Crippen LogP) is 6.76. The van der Waals surface area contributed by atoms with Crippen LogP contribution in [0.3, 0.4) is 0 Å². The van der Waals surface area contributed by atoms with Gasteiger partial charge in [0.2, 0.25) is 0 Å². The Balaban J connectivity index is 2.42. The van der Waals surface area contributed by atoms with E-state index in [1.54, 1.807) is 0 Å². The van der Waals surface area contributed by atoms with E-state index in [1.165, 1.54) is 13.8 Å². The van der Waals surface area contributed by atoms with Crippen molar-refractivity contribution in [1.29, 1.82) is 0 Å². The van der Waals surface area contributed by atoms with Gasteiger partial charge in [0.15, 0.2) is 23.3 Å². The zero-order chi connectivity index (χ0) is 21.1. The molecule has 2 atom stereocenters. The zero-order valence-electron chi connectivity index (χ0n) is 13.6. The molecule has 1 aliphatic rings. The first kappa shape index (κ1) is 21.8. The highest BCUT2D eigenvalue weighted by Gasteiger charge is 2.57. The molecule has 1 aliphatic carbocycles. The molecule has 0 bridgehead atoms. The fourth-order valence-electron chi connectivity index (χ4n) is 3.08. The molecule has 0 nitrogen and oxygen atoms in total. The van der Waals surface area contributed by atoms with Gasteiger partial charge in [0.1, 0.15) is 10.6 Å². The van der Waals surface area contributed by atoms with Crippen LogP contribution in [0, 0.1) is 40.5 Å². The van der Waals surface area contributed by atoms with Crippen molar-refractivity contribution in [3.05, 3.63) is 45.5 Å². The lowest BCUT2D eigenvalue weighted by molar-refractivity contribution is -0.143. The highest BCUT2D eigenvalue weighted by Crippen LogP contribution is 2.61. The molecule has 1 saturated carbocycles. The van der Waals surface area contributed by atoms with E-state index in [0.29, 0.717) is 6.08 Å². The van der Waals surface area contributed by atoms with Crippen LogP contribution in [0.5, 0.6) is 0 Å². The Kier molecular flexibility index (Phi) is 5.31. The second-order valence-electron chi connectivity index (χ2n) is 6.78. The molecule has 2 rings (SSSR count). The van der Waals surface area contributed by atoms with Crippen molar-refractivity contribution < 1.29 is 43.9 Å². The van der Waals surface area contributed by atoms with Crippen LogP contribution in [0.25, 0.3) is 0 Å². The van der Waals surface area contributed by atoms with Gasteiger partial charge in [-0.2, -0.15) is 26.3 Å². The summed E-state index contributed by atoms with van der Waals surface area (Å²) >= 11 is 5.11. The van der Waals surface area contributed by atoms with E-state index in [4.69, 9.17) is 11.6 Å². The van der Waals surface area contributed by atoms with Crippen molar-refractivity contribution >= 4 is 11.6 Å². The summed E-state index contributed by atoms with van der Waals surface area (Å²) in [7, 11) is 0. The summed E-state index contributed by atoms with van der Waals surface area (Å²) in [6, 6.07) is 0. The standard InChI is InChI=1S/C16H11ClF10/c1-14(2)6(7(14)4-8(17)15(22,23)24)3-5-10(18)12(20)9(16(25,26)27)13(21)11(5)19/h4,6-7H,3H2,1-2H3. The summed E-state index contributed by atoms with van der Waals surface area (Å²) in [5.74, 6) is -11.5. The summed E-state index contributed by atoms with van der Waals surface area (Å²) in [5, 5.41) is -1.48. The van der Waals surface area contributed by atoms with Gasteiger partial charge in [-0.05, 0) is 23.7 Å². The van der Waals surface area contributed by atoms with Crippen LogP contribution >= 0.6 is 11.6 Å². The van der Waals surface area contributed by atoms with Crippen LogP contribution in [0.15, 0.2) is 11.1 Å². The molecular weight excluding hydrogens is 418 g/mol. The van der Waals surface area contributed by atoms with Gasteiger partial charge < -0.3 is 0 Å². The monoisotopic (exact) mass is 428 g/mol. The normalized spacial score (nSPS) is 22.9.